The third-order valence-corrected chi connectivity index (χ3v) is 5.43. The number of piperidine rings is 1. The molecule has 3 heterocycles. The zero-order valence-electron chi connectivity index (χ0n) is 14.3. The number of amides is 1. The molecule has 1 aromatic carbocycles. The average molecular weight is 325 g/mol. The Kier molecular flexibility index (Phi) is 3.68. The molecule has 0 saturated carbocycles. The fourth-order valence-electron chi connectivity index (χ4n) is 4.05. The molecule has 1 N–H and O–H groups in total. The van der Waals surface area contributed by atoms with Gasteiger partial charge in [-0.2, -0.15) is 5.10 Å². The Labute approximate surface area is 142 Å². The molecular formula is C19H23N3O2. The minimum atomic E-state index is -0.314. The Morgan fingerprint density at radius 2 is 2.21 bits per heavy atom. The summed E-state index contributed by atoms with van der Waals surface area (Å²) in [5.74, 6) is 0.162. The number of carbonyl (C=O) groups excluding carboxylic acids is 1. The second-order valence-corrected chi connectivity index (χ2v) is 6.95. The normalized spacial score (nSPS) is 22.8. The van der Waals surface area contributed by atoms with Crippen LogP contribution in [0.4, 0.5) is 0 Å². The molecule has 2 aromatic rings. The van der Waals surface area contributed by atoms with Gasteiger partial charge in [0, 0.05) is 17.8 Å². The maximum Gasteiger partial charge on any atom is 0.227 e. The number of nitrogens with one attached hydrogen (secondary N) is 1. The van der Waals surface area contributed by atoms with Crippen molar-refractivity contribution in [2.24, 2.45) is 0 Å². The van der Waals surface area contributed by atoms with Gasteiger partial charge in [0.05, 0.1) is 25.3 Å². The van der Waals surface area contributed by atoms with Crippen molar-refractivity contribution < 1.29 is 9.53 Å². The number of hydrogen-bond acceptors (Lipinski definition) is 3. The summed E-state index contributed by atoms with van der Waals surface area (Å²) in [7, 11) is 0. The lowest BCUT2D eigenvalue weighted by molar-refractivity contribution is -0.142. The molecule has 1 saturated heterocycles. The summed E-state index contributed by atoms with van der Waals surface area (Å²) in [5.41, 5.74) is 5.12. The summed E-state index contributed by atoms with van der Waals surface area (Å²) in [4.78, 5) is 14.8. The lowest BCUT2D eigenvalue weighted by Gasteiger charge is -2.40. The first-order valence-electron chi connectivity index (χ1n) is 8.60. The standard InChI is InChI=1S/C19H23N3O2/c1-13-16(14(2)21-20-13)10-18(23)22-9-5-8-19(12-22)17-7-4-3-6-15(17)11-24-19/h3-4,6-7H,5,8-12H2,1-2H3,(H,20,21). The summed E-state index contributed by atoms with van der Waals surface area (Å²) in [6, 6.07) is 8.40. The molecule has 24 heavy (non-hydrogen) atoms. The molecule has 5 nitrogen and oxygen atoms in total. The van der Waals surface area contributed by atoms with Crippen LogP contribution >= 0.6 is 0 Å². The van der Waals surface area contributed by atoms with Crippen molar-refractivity contribution in [2.75, 3.05) is 13.1 Å². The van der Waals surface area contributed by atoms with Gasteiger partial charge in [0.1, 0.15) is 5.60 Å². The molecule has 126 valence electrons. The molecule has 1 atom stereocenters. The van der Waals surface area contributed by atoms with Gasteiger partial charge in [-0.3, -0.25) is 9.89 Å². The Bertz CT molecular complexity index is 759. The highest BCUT2D eigenvalue weighted by atomic mass is 16.5. The number of hydrogen-bond donors (Lipinski definition) is 1. The van der Waals surface area contributed by atoms with Gasteiger partial charge in [-0.25, -0.2) is 0 Å². The topological polar surface area (TPSA) is 58.2 Å². The van der Waals surface area contributed by atoms with Crippen molar-refractivity contribution in [1.82, 2.24) is 15.1 Å². The van der Waals surface area contributed by atoms with Crippen molar-refractivity contribution in [1.29, 1.82) is 0 Å². The first-order valence-corrected chi connectivity index (χ1v) is 8.60. The lowest BCUT2D eigenvalue weighted by atomic mass is 9.85. The highest BCUT2D eigenvalue weighted by molar-refractivity contribution is 5.79. The van der Waals surface area contributed by atoms with E-state index in [2.05, 4.69) is 34.5 Å². The Morgan fingerprint density at radius 3 is 3.00 bits per heavy atom. The quantitative estimate of drug-likeness (QED) is 0.923. The zero-order valence-corrected chi connectivity index (χ0v) is 14.3. The molecule has 2 aliphatic rings. The summed E-state index contributed by atoms with van der Waals surface area (Å²) < 4.78 is 6.20. The molecule has 4 rings (SSSR count). The number of aryl methyl sites for hydroxylation is 2. The number of fused-ring (bicyclic) bond motifs is 2. The lowest BCUT2D eigenvalue weighted by Crippen LogP contribution is -2.49. The van der Waals surface area contributed by atoms with Gasteiger partial charge in [0.25, 0.3) is 0 Å². The van der Waals surface area contributed by atoms with E-state index in [1.165, 1.54) is 11.1 Å². The second-order valence-electron chi connectivity index (χ2n) is 6.95. The van der Waals surface area contributed by atoms with Gasteiger partial charge in [-0.05, 0) is 37.8 Å². The minimum absolute atomic E-state index is 0.162. The molecule has 0 radical (unpaired) electrons. The highest BCUT2D eigenvalue weighted by Gasteiger charge is 2.44. The van der Waals surface area contributed by atoms with Gasteiger partial charge in [-0.15, -0.1) is 0 Å². The maximum absolute atomic E-state index is 12.9. The summed E-state index contributed by atoms with van der Waals surface area (Å²) in [6.07, 6.45) is 2.37. The van der Waals surface area contributed by atoms with Crippen LogP contribution in [0.3, 0.4) is 0 Å². The number of carbonyl (C=O) groups is 1. The van der Waals surface area contributed by atoms with Crippen LogP contribution in [-0.4, -0.2) is 34.1 Å². The Balaban J connectivity index is 1.55. The van der Waals surface area contributed by atoms with Crippen LogP contribution in [0.15, 0.2) is 24.3 Å². The maximum atomic E-state index is 12.9. The molecule has 1 aromatic heterocycles. The first-order chi connectivity index (χ1) is 11.6. The van der Waals surface area contributed by atoms with Gasteiger partial charge in [0.15, 0.2) is 0 Å². The van der Waals surface area contributed by atoms with Crippen LogP contribution in [0.5, 0.6) is 0 Å². The number of likely N-dealkylation sites (tertiary alicyclic amines) is 1. The fourth-order valence-corrected chi connectivity index (χ4v) is 4.05. The van der Waals surface area contributed by atoms with E-state index in [1.54, 1.807) is 0 Å². The zero-order chi connectivity index (χ0) is 16.7. The van der Waals surface area contributed by atoms with Gasteiger partial charge in [-0.1, -0.05) is 24.3 Å². The third kappa shape index (κ3) is 2.44. The van der Waals surface area contributed by atoms with Crippen molar-refractivity contribution in [2.45, 2.75) is 45.3 Å². The molecule has 5 heteroatoms. The second kappa shape index (κ2) is 5.74. The third-order valence-electron chi connectivity index (χ3n) is 5.43. The average Bonchev–Trinajstić information content (AvgIpc) is 3.11. The summed E-state index contributed by atoms with van der Waals surface area (Å²) >= 11 is 0. The van der Waals surface area contributed by atoms with Crippen LogP contribution < -0.4 is 0 Å². The van der Waals surface area contributed by atoms with Crippen LogP contribution in [0.2, 0.25) is 0 Å². The smallest absolute Gasteiger partial charge is 0.227 e. The molecule has 0 bridgehead atoms. The first kappa shape index (κ1) is 15.4. The fraction of sp³-hybridized carbons (Fsp3) is 0.474. The van der Waals surface area contributed by atoms with Crippen molar-refractivity contribution >= 4 is 5.91 Å². The number of aromatic amines is 1. The van der Waals surface area contributed by atoms with E-state index in [4.69, 9.17) is 4.74 Å². The van der Waals surface area contributed by atoms with Crippen LogP contribution in [-0.2, 0) is 28.2 Å². The molecule has 0 aliphatic carbocycles. The number of H-pyrrole nitrogens is 1. The molecule has 1 fully saturated rings. The predicted octanol–water partition coefficient (Wildman–Crippen LogP) is 2.62. The SMILES string of the molecule is Cc1n[nH]c(C)c1CC(=O)N1CCCC2(C1)OCc1ccccc12. The van der Waals surface area contributed by atoms with Crippen molar-refractivity contribution in [3.8, 4) is 0 Å². The molecule has 1 unspecified atom stereocenters. The highest BCUT2D eigenvalue weighted by Crippen LogP contribution is 2.42. The molecule has 1 spiro atoms. The van der Waals surface area contributed by atoms with E-state index in [9.17, 15) is 4.79 Å². The number of rotatable bonds is 2. The van der Waals surface area contributed by atoms with Crippen molar-refractivity contribution in [3.63, 3.8) is 0 Å². The van der Waals surface area contributed by atoms with Crippen LogP contribution in [0.1, 0.15) is 40.9 Å². The van der Waals surface area contributed by atoms with Gasteiger partial charge in [0.2, 0.25) is 5.91 Å². The summed E-state index contributed by atoms with van der Waals surface area (Å²) in [6.45, 7) is 6.02. The predicted molar refractivity (Wildman–Crippen MR) is 90.5 cm³/mol. The van der Waals surface area contributed by atoms with E-state index < -0.39 is 0 Å². The van der Waals surface area contributed by atoms with Crippen LogP contribution in [0.25, 0.3) is 0 Å². The number of ether oxygens (including phenoxy) is 1. The summed E-state index contributed by atoms with van der Waals surface area (Å²) in [5, 5.41) is 7.16. The van der Waals surface area contributed by atoms with Gasteiger partial charge < -0.3 is 9.64 Å². The largest absolute Gasteiger partial charge is 0.364 e. The Hall–Kier alpha value is -2.14. The monoisotopic (exact) mass is 325 g/mol. The number of benzene rings is 1. The van der Waals surface area contributed by atoms with E-state index in [1.807, 2.05) is 18.7 Å². The van der Waals surface area contributed by atoms with E-state index in [0.29, 0.717) is 19.6 Å². The number of nitrogens with zero attached hydrogens (tertiary/aromatic N) is 2. The molecule has 2 aliphatic heterocycles. The van der Waals surface area contributed by atoms with E-state index >= 15 is 0 Å². The minimum Gasteiger partial charge on any atom is -0.364 e. The van der Waals surface area contributed by atoms with E-state index in [-0.39, 0.29) is 11.5 Å². The van der Waals surface area contributed by atoms with E-state index in [0.717, 1.165) is 36.3 Å². The molecule has 1 amide bonds. The molecular weight excluding hydrogens is 302 g/mol. The van der Waals surface area contributed by atoms with Crippen LogP contribution in [0, 0.1) is 13.8 Å². The number of aromatic nitrogens is 2. The van der Waals surface area contributed by atoms with Gasteiger partial charge >= 0.3 is 0 Å². The Morgan fingerprint density at radius 1 is 1.38 bits per heavy atom. The van der Waals surface area contributed by atoms with Crippen molar-refractivity contribution in [3.05, 3.63) is 52.3 Å².